The maximum absolute atomic E-state index is 13.4. The van der Waals surface area contributed by atoms with Crippen LogP contribution in [-0.4, -0.2) is 21.0 Å². The van der Waals surface area contributed by atoms with E-state index in [1.165, 1.54) is 12.1 Å². The number of hydrogen-bond donors (Lipinski definition) is 1. The zero-order valence-corrected chi connectivity index (χ0v) is 11.6. The van der Waals surface area contributed by atoms with Gasteiger partial charge in [0.15, 0.2) is 5.82 Å². The first kappa shape index (κ1) is 14.1. The van der Waals surface area contributed by atoms with Crippen LogP contribution in [0.1, 0.15) is 22.5 Å². The molecule has 0 aliphatic heterocycles. The van der Waals surface area contributed by atoms with Gasteiger partial charge in [-0.3, -0.25) is 4.79 Å². The molecule has 2 aromatic rings. The molecule has 0 fully saturated rings. The van der Waals surface area contributed by atoms with Gasteiger partial charge in [-0.15, -0.1) is 0 Å². The number of aryl methyl sites for hydroxylation is 3. The summed E-state index contributed by atoms with van der Waals surface area (Å²) in [5, 5.41) is 8.88. The number of aromatic nitrogens is 2. The van der Waals surface area contributed by atoms with Crippen LogP contribution in [0.2, 0.25) is 0 Å². The van der Waals surface area contributed by atoms with Gasteiger partial charge < -0.3 is 5.11 Å². The summed E-state index contributed by atoms with van der Waals surface area (Å²) < 4.78 is 13.4. The highest BCUT2D eigenvalue weighted by Crippen LogP contribution is 2.23. The number of benzene rings is 1. The van der Waals surface area contributed by atoms with Crippen LogP contribution in [0.3, 0.4) is 0 Å². The Morgan fingerprint density at radius 3 is 2.35 bits per heavy atom. The van der Waals surface area contributed by atoms with Gasteiger partial charge in [-0.05, 0) is 38.5 Å². The smallest absolute Gasteiger partial charge is 0.307 e. The summed E-state index contributed by atoms with van der Waals surface area (Å²) in [7, 11) is 0. The van der Waals surface area contributed by atoms with Crippen LogP contribution in [0.25, 0.3) is 11.4 Å². The highest BCUT2D eigenvalue weighted by Gasteiger charge is 2.14. The monoisotopic (exact) mass is 274 g/mol. The van der Waals surface area contributed by atoms with Crippen LogP contribution in [0.5, 0.6) is 0 Å². The fourth-order valence-electron chi connectivity index (χ4n) is 2.10. The average molecular weight is 274 g/mol. The predicted molar refractivity (Wildman–Crippen MR) is 73.0 cm³/mol. The van der Waals surface area contributed by atoms with Crippen LogP contribution >= 0.6 is 0 Å². The standard InChI is InChI=1S/C15H15FN2O2/c1-8-4-5-11(16)6-12(8)15-17-9(2)13(7-14(19)20)10(3)18-15/h4-6H,7H2,1-3H3,(H,19,20). The van der Waals surface area contributed by atoms with Gasteiger partial charge in [0.1, 0.15) is 5.82 Å². The van der Waals surface area contributed by atoms with Gasteiger partial charge in [0.05, 0.1) is 6.42 Å². The quantitative estimate of drug-likeness (QED) is 0.934. The normalized spacial score (nSPS) is 10.6. The van der Waals surface area contributed by atoms with Crippen LogP contribution in [0.15, 0.2) is 18.2 Å². The highest BCUT2D eigenvalue weighted by molar-refractivity contribution is 5.71. The van der Waals surface area contributed by atoms with Gasteiger partial charge >= 0.3 is 5.97 Å². The second-order valence-corrected chi connectivity index (χ2v) is 4.73. The van der Waals surface area contributed by atoms with E-state index in [0.29, 0.717) is 28.3 Å². The zero-order valence-electron chi connectivity index (χ0n) is 11.6. The van der Waals surface area contributed by atoms with E-state index < -0.39 is 5.97 Å². The van der Waals surface area contributed by atoms with Crippen molar-refractivity contribution < 1.29 is 14.3 Å². The lowest BCUT2D eigenvalue weighted by Crippen LogP contribution is -2.08. The number of rotatable bonds is 3. The van der Waals surface area contributed by atoms with Crippen molar-refractivity contribution >= 4 is 5.97 Å². The van der Waals surface area contributed by atoms with Crippen molar-refractivity contribution in [2.75, 3.05) is 0 Å². The molecule has 104 valence electrons. The van der Waals surface area contributed by atoms with Gasteiger partial charge in [-0.2, -0.15) is 0 Å². The number of carboxylic acids is 1. The summed E-state index contributed by atoms with van der Waals surface area (Å²) in [4.78, 5) is 19.5. The fourth-order valence-corrected chi connectivity index (χ4v) is 2.10. The lowest BCUT2D eigenvalue weighted by Gasteiger charge is -2.11. The Morgan fingerprint density at radius 1 is 1.20 bits per heavy atom. The van der Waals surface area contributed by atoms with E-state index in [9.17, 15) is 9.18 Å². The third kappa shape index (κ3) is 2.82. The molecule has 0 aliphatic carbocycles. The van der Waals surface area contributed by atoms with E-state index in [-0.39, 0.29) is 12.2 Å². The molecule has 0 atom stereocenters. The van der Waals surface area contributed by atoms with E-state index in [1.807, 2.05) is 6.92 Å². The zero-order chi connectivity index (χ0) is 14.9. The molecule has 4 nitrogen and oxygen atoms in total. The Labute approximate surface area is 116 Å². The number of carboxylic acid groups (broad SMARTS) is 1. The third-order valence-electron chi connectivity index (χ3n) is 3.19. The van der Waals surface area contributed by atoms with Crippen molar-refractivity contribution in [3.05, 3.63) is 46.5 Å². The molecular formula is C15H15FN2O2. The molecule has 0 amide bonds. The molecule has 0 radical (unpaired) electrons. The van der Waals surface area contributed by atoms with Gasteiger partial charge in [0.2, 0.25) is 0 Å². The lowest BCUT2D eigenvalue weighted by molar-refractivity contribution is -0.136. The Kier molecular flexibility index (Phi) is 3.79. The number of halogens is 1. The van der Waals surface area contributed by atoms with Crippen molar-refractivity contribution in [2.24, 2.45) is 0 Å². The summed E-state index contributed by atoms with van der Waals surface area (Å²) >= 11 is 0. The summed E-state index contributed by atoms with van der Waals surface area (Å²) in [6.07, 6.45) is -0.111. The first-order valence-corrected chi connectivity index (χ1v) is 6.21. The summed E-state index contributed by atoms with van der Waals surface area (Å²) in [6.45, 7) is 5.34. The van der Waals surface area contributed by atoms with E-state index in [2.05, 4.69) is 9.97 Å². The van der Waals surface area contributed by atoms with Gasteiger partial charge in [0, 0.05) is 22.5 Å². The number of nitrogens with zero attached hydrogens (tertiary/aromatic N) is 2. The molecular weight excluding hydrogens is 259 g/mol. The first-order chi connectivity index (χ1) is 9.38. The largest absolute Gasteiger partial charge is 0.481 e. The highest BCUT2D eigenvalue weighted by atomic mass is 19.1. The van der Waals surface area contributed by atoms with Crippen LogP contribution < -0.4 is 0 Å². The van der Waals surface area contributed by atoms with Crippen molar-refractivity contribution in [2.45, 2.75) is 27.2 Å². The number of carbonyl (C=O) groups is 1. The third-order valence-corrected chi connectivity index (χ3v) is 3.19. The Hall–Kier alpha value is -2.30. The summed E-state index contributed by atoms with van der Waals surface area (Å²) in [5.74, 6) is -0.847. The molecule has 1 N–H and O–H groups in total. The van der Waals surface area contributed by atoms with Crippen molar-refractivity contribution in [1.29, 1.82) is 0 Å². The molecule has 1 aromatic heterocycles. The molecule has 1 aromatic carbocycles. The Balaban J connectivity index is 2.54. The molecule has 0 bridgehead atoms. The molecule has 5 heteroatoms. The second kappa shape index (κ2) is 5.36. The van der Waals surface area contributed by atoms with Crippen LogP contribution in [-0.2, 0) is 11.2 Å². The van der Waals surface area contributed by atoms with Gasteiger partial charge in [-0.1, -0.05) is 6.07 Å². The SMILES string of the molecule is Cc1ccc(F)cc1-c1nc(C)c(CC(=O)O)c(C)n1. The lowest BCUT2D eigenvalue weighted by atomic mass is 10.1. The van der Waals surface area contributed by atoms with Crippen molar-refractivity contribution in [1.82, 2.24) is 9.97 Å². The molecule has 0 saturated heterocycles. The van der Waals surface area contributed by atoms with Gasteiger partial charge in [0.25, 0.3) is 0 Å². The topological polar surface area (TPSA) is 63.1 Å². The molecule has 0 saturated carbocycles. The van der Waals surface area contributed by atoms with Crippen LogP contribution in [0, 0.1) is 26.6 Å². The molecule has 20 heavy (non-hydrogen) atoms. The molecule has 0 unspecified atom stereocenters. The Morgan fingerprint density at radius 2 is 1.80 bits per heavy atom. The molecule has 2 rings (SSSR count). The maximum atomic E-state index is 13.4. The van der Waals surface area contributed by atoms with Crippen molar-refractivity contribution in [3.8, 4) is 11.4 Å². The average Bonchev–Trinajstić information content (AvgIpc) is 2.36. The fraction of sp³-hybridized carbons (Fsp3) is 0.267. The minimum absolute atomic E-state index is 0.111. The first-order valence-electron chi connectivity index (χ1n) is 6.21. The van der Waals surface area contributed by atoms with E-state index in [4.69, 9.17) is 5.11 Å². The molecule has 0 aliphatic rings. The summed E-state index contributed by atoms with van der Waals surface area (Å²) in [6, 6.07) is 4.45. The minimum Gasteiger partial charge on any atom is -0.481 e. The van der Waals surface area contributed by atoms with E-state index in [1.54, 1.807) is 19.9 Å². The van der Waals surface area contributed by atoms with E-state index in [0.717, 1.165) is 5.56 Å². The maximum Gasteiger partial charge on any atom is 0.307 e. The molecule has 0 spiro atoms. The minimum atomic E-state index is -0.922. The summed E-state index contributed by atoms with van der Waals surface area (Å²) in [5.41, 5.74) is 3.32. The number of hydrogen-bond acceptors (Lipinski definition) is 3. The second-order valence-electron chi connectivity index (χ2n) is 4.73. The van der Waals surface area contributed by atoms with E-state index >= 15 is 0 Å². The number of aliphatic carboxylic acids is 1. The van der Waals surface area contributed by atoms with Gasteiger partial charge in [-0.25, -0.2) is 14.4 Å². The predicted octanol–water partition coefficient (Wildman–Crippen LogP) is 2.84. The molecule has 1 heterocycles. The Bertz CT molecular complexity index is 661. The van der Waals surface area contributed by atoms with Crippen LogP contribution in [0.4, 0.5) is 4.39 Å². The van der Waals surface area contributed by atoms with Crippen molar-refractivity contribution in [3.63, 3.8) is 0 Å².